The van der Waals surface area contributed by atoms with Gasteiger partial charge in [-0.25, -0.2) is 0 Å². The third kappa shape index (κ3) is 4.50. The number of amidine groups is 1. The number of non-ortho nitro benzene ring substituents is 1. The van der Waals surface area contributed by atoms with Crippen LogP contribution < -0.4 is 4.90 Å². The Balaban J connectivity index is 1.83. The standard InChI is InChI=1S/C30H26ClN3O4/c1-30(2)16-23-26(24(35)17-30)25(18-8-12-22(13-9-18)34(37)38)27(28(36)19-6-4-3-5-7-19)29(32)33(23)21-14-10-20(31)11-15-21/h3-15,25,32,36H,16-17H2,1-2H3/b28-27+,32-29?. The Labute approximate surface area is 225 Å². The molecule has 0 saturated heterocycles. The molecular weight excluding hydrogens is 502 g/mol. The van der Waals surface area contributed by atoms with Gasteiger partial charge in [0.1, 0.15) is 11.6 Å². The first-order chi connectivity index (χ1) is 18.1. The molecule has 0 spiro atoms. The number of rotatable bonds is 4. The number of hydrogen-bond acceptors (Lipinski definition) is 5. The smallest absolute Gasteiger partial charge is 0.269 e. The summed E-state index contributed by atoms with van der Waals surface area (Å²) in [7, 11) is 0. The van der Waals surface area contributed by atoms with Gasteiger partial charge >= 0.3 is 0 Å². The molecule has 0 aromatic heterocycles. The number of carbonyl (C=O) groups is 1. The molecule has 1 aliphatic carbocycles. The molecule has 2 N–H and O–H groups in total. The van der Waals surface area contributed by atoms with Gasteiger partial charge in [-0.2, -0.15) is 0 Å². The van der Waals surface area contributed by atoms with Gasteiger partial charge in [-0.15, -0.1) is 0 Å². The van der Waals surface area contributed by atoms with Crippen LogP contribution in [0.3, 0.4) is 0 Å². The summed E-state index contributed by atoms with van der Waals surface area (Å²) in [5.41, 5.74) is 2.75. The maximum absolute atomic E-state index is 13.9. The van der Waals surface area contributed by atoms with E-state index in [1.54, 1.807) is 65.6 Å². The molecule has 38 heavy (non-hydrogen) atoms. The highest BCUT2D eigenvalue weighted by Gasteiger charge is 2.46. The van der Waals surface area contributed by atoms with E-state index in [0.29, 0.717) is 45.9 Å². The van der Waals surface area contributed by atoms with Crippen LogP contribution in [0, 0.1) is 20.9 Å². The average Bonchev–Trinajstić information content (AvgIpc) is 2.88. The van der Waals surface area contributed by atoms with Gasteiger partial charge in [-0.1, -0.05) is 67.9 Å². The fourth-order valence-electron chi connectivity index (χ4n) is 5.36. The first-order valence-electron chi connectivity index (χ1n) is 12.2. The molecule has 8 heteroatoms. The minimum absolute atomic E-state index is 0.0290. The van der Waals surface area contributed by atoms with Gasteiger partial charge in [0.05, 0.1) is 4.92 Å². The van der Waals surface area contributed by atoms with Crippen molar-refractivity contribution in [3.8, 4) is 0 Å². The third-order valence-electron chi connectivity index (χ3n) is 7.05. The van der Waals surface area contributed by atoms with E-state index in [2.05, 4.69) is 0 Å². The van der Waals surface area contributed by atoms with Crippen molar-refractivity contribution in [3.05, 3.63) is 122 Å². The Kier molecular flexibility index (Phi) is 6.41. The highest BCUT2D eigenvalue weighted by Crippen LogP contribution is 2.51. The number of ketones is 1. The first-order valence-corrected chi connectivity index (χ1v) is 12.6. The second-order valence-electron chi connectivity index (χ2n) is 10.4. The van der Waals surface area contributed by atoms with Crippen LogP contribution >= 0.6 is 11.6 Å². The van der Waals surface area contributed by atoms with Gasteiger partial charge < -0.3 is 5.11 Å². The number of Topliss-reactive ketones (excluding diaryl/α,β-unsaturated/α-hetero) is 1. The quantitative estimate of drug-likeness (QED) is 0.208. The zero-order chi connectivity index (χ0) is 27.2. The van der Waals surface area contributed by atoms with Crippen LogP contribution in [0.25, 0.3) is 5.76 Å². The summed E-state index contributed by atoms with van der Waals surface area (Å²) in [6, 6.07) is 21.9. The monoisotopic (exact) mass is 527 g/mol. The molecule has 1 heterocycles. The number of carbonyl (C=O) groups excluding carboxylic acids is 1. The van der Waals surface area contributed by atoms with Crippen LogP contribution in [0.5, 0.6) is 0 Å². The predicted molar refractivity (Wildman–Crippen MR) is 149 cm³/mol. The second-order valence-corrected chi connectivity index (χ2v) is 10.8. The minimum atomic E-state index is -0.773. The van der Waals surface area contributed by atoms with E-state index in [9.17, 15) is 25.4 Å². The molecule has 1 unspecified atom stereocenters. The molecule has 1 aliphatic heterocycles. The molecule has 2 aliphatic rings. The number of halogens is 1. The Morgan fingerprint density at radius 1 is 1.03 bits per heavy atom. The molecule has 192 valence electrons. The number of nitrogens with zero attached hydrogens (tertiary/aromatic N) is 2. The predicted octanol–water partition coefficient (Wildman–Crippen LogP) is 7.44. The molecule has 3 aromatic rings. The summed E-state index contributed by atoms with van der Waals surface area (Å²) in [5.74, 6) is -0.946. The van der Waals surface area contributed by atoms with Crippen molar-refractivity contribution in [3.63, 3.8) is 0 Å². The lowest BCUT2D eigenvalue weighted by atomic mass is 9.67. The van der Waals surface area contributed by atoms with Crippen LogP contribution in [-0.4, -0.2) is 21.6 Å². The average molecular weight is 528 g/mol. The number of nitrogens with one attached hydrogen (secondary N) is 1. The summed E-state index contributed by atoms with van der Waals surface area (Å²) in [5, 5.41) is 32.9. The SMILES string of the molecule is CC1(C)CC(=O)C2=C(C1)N(c1ccc(Cl)cc1)C(=N)/C(=C(/O)c1ccccc1)C2c1ccc([N+](=O)[O-])cc1. The second kappa shape index (κ2) is 9.58. The van der Waals surface area contributed by atoms with Crippen LogP contribution in [-0.2, 0) is 4.79 Å². The fraction of sp³-hybridized carbons (Fsp3) is 0.200. The van der Waals surface area contributed by atoms with Crippen molar-refractivity contribution < 1.29 is 14.8 Å². The van der Waals surface area contributed by atoms with E-state index in [-0.39, 0.29) is 34.1 Å². The molecule has 0 fully saturated rings. The Morgan fingerprint density at radius 3 is 2.26 bits per heavy atom. The molecule has 0 amide bonds. The van der Waals surface area contributed by atoms with Crippen LogP contribution in [0.2, 0.25) is 5.02 Å². The van der Waals surface area contributed by atoms with Gasteiger partial charge in [0.15, 0.2) is 5.78 Å². The molecule has 5 rings (SSSR count). The van der Waals surface area contributed by atoms with Crippen molar-refractivity contribution in [1.29, 1.82) is 5.41 Å². The summed E-state index contributed by atoms with van der Waals surface area (Å²) >= 11 is 6.15. The van der Waals surface area contributed by atoms with Gasteiger partial charge in [-0.3, -0.25) is 25.2 Å². The molecular formula is C30H26ClN3O4. The van der Waals surface area contributed by atoms with Gasteiger partial charge in [-0.05, 0) is 41.7 Å². The lowest BCUT2D eigenvalue weighted by molar-refractivity contribution is -0.384. The molecule has 7 nitrogen and oxygen atoms in total. The largest absolute Gasteiger partial charge is 0.507 e. The number of aliphatic hydroxyl groups is 1. The van der Waals surface area contributed by atoms with E-state index in [1.165, 1.54) is 12.1 Å². The lowest BCUT2D eigenvalue weighted by Crippen LogP contribution is -2.45. The summed E-state index contributed by atoms with van der Waals surface area (Å²) < 4.78 is 0. The zero-order valence-electron chi connectivity index (χ0n) is 20.9. The van der Waals surface area contributed by atoms with E-state index >= 15 is 0 Å². The maximum atomic E-state index is 13.9. The van der Waals surface area contributed by atoms with E-state index in [0.717, 1.165) is 0 Å². The topological polar surface area (TPSA) is 108 Å². The fourth-order valence-corrected chi connectivity index (χ4v) is 5.49. The van der Waals surface area contributed by atoms with Crippen LogP contribution in [0.4, 0.5) is 11.4 Å². The van der Waals surface area contributed by atoms with Gasteiger partial charge in [0.25, 0.3) is 5.69 Å². The van der Waals surface area contributed by atoms with Gasteiger partial charge in [0.2, 0.25) is 0 Å². The molecule has 1 atom stereocenters. The molecule has 0 radical (unpaired) electrons. The summed E-state index contributed by atoms with van der Waals surface area (Å²) in [6.07, 6.45) is 0.832. The summed E-state index contributed by atoms with van der Waals surface area (Å²) in [6.45, 7) is 4.04. The zero-order valence-corrected chi connectivity index (χ0v) is 21.7. The number of hydrogen-bond donors (Lipinski definition) is 2. The molecule has 0 bridgehead atoms. The minimum Gasteiger partial charge on any atom is -0.507 e. The molecule has 0 saturated carbocycles. The number of anilines is 1. The van der Waals surface area contributed by atoms with Crippen molar-refractivity contribution >= 4 is 40.4 Å². The number of aliphatic hydroxyl groups excluding tert-OH is 1. The first kappa shape index (κ1) is 25.4. The maximum Gasteiger partial charge on any atom is 0.269 e. The van der Waals surface area contributed by atoms with Crippen LogP contribution in [0.15, 0.2) is 95.7 Å². The van der Waals surface area contributed by atoms with E-state index in [1.807, 2.05) is 19.9 Å². The third-order valence-corrected chi connectivity index (χ3v) is 7.30. The highest BCUT2D eigenvalue weighted by atomic mass is 35.5. The Morgan fingerprint density at radius 2 is 1.66 bits per heavy atom. The number of nitro benzene ring substituents is 1. The van der Waals surface area contributed by atoms with Crippen molar-refractivity contribution in [1.82, 2.24) is 0 Å². The summed E-state index contributed by atoms with van der Waals surface area (Å²) in [4.78, 5) is 26.4. The van der Waals surface area contributed by atoms with Crippen molar-refractivity contribution in [2.24, 2.45) is 5.41 Å². The van der Waals surface area contributed by atoms with Crippen LogP contribution in [0.1, 0.15) is 43.7 Å². The Hall–Kier alpha value is -4.23. The van der Waals surface area contributed by atoms with Crippen molar-refractivity contribution in [2.75, 3.05) is 4.90 Å². The van der Waals surface area contributed by atoms with E-state index in [4.69, 9.17) is 11.6 Å². The Bertz CT molecular complexity index is 1510. The normalized spacial score (nSPS) is 20.3. The highest BCUT2D eigenvalue weighted by molar-refractivity contribution is 6.30. The number of allylic oxidation sites excluding steroid dienone is 2. The van der Waals surface area contributed by atoms with E-state index < -0.39 is 10.8 Å². The van der Waals surface area contributed by atoms with Gasteiger partial charge in [0, 0.05) is 57.6 Å². The van der Waals surface area contributed by atoms with Crippen molar-refractivity contribution in [2.45, 2.75) is 32.6 Å². The number of nitro groups is 1. The number of benzene rings is 3. The molecule has 3 aromatic carbocycles. The lowest BCUT2D eigenvalue weighted by Gasteiger charge is -2.45.